The van der Waals surface area contributed by atoms with Crippen LogP contribution in [-0.4, -0.2) is 35.7 Å². The molecule has 1 N–H and O–H groups in total. The van der Waals surface area contributed by atoms with Crippen molar-refractivity contribution in [3.63, 3.8) is 0 Å². The normalized spacial score (nSPS) is 23.1. The van der Waals surface area contributed by atoms with E-state index < -0.39 is 5.60 Å². The Kier molecular flexibility index (Phi) is 5.46. The molecule has 4 heteroatoms. The van der Waals surface area contributed by atoms with E-state index in [1.54, 1.807) is 0 Å². The number of benzene rings is 1. The van der Waals surface area contributed by atoms with Gasteiger partial charge in [0.15, 0.2) is 0 Å². The predicted octanol–water partition coefficient (Wildman–Crippen LogP) is 3.42. The molecule has 1 saturated heterocycles. The van der Waals surface area contributed by atoms with Gasteiger partial charge in [-0.3, -0.25) is 4.90 Å². The van der Waals surface area contributed by atoms with Crippen LogP contribution in [0.2, 0.25) is 0 Å². The molecule has 22 heavy (non-hydrogen) atoms. The molecule has 0 unspecified atom stereocenters. The molecule has 0 aromatic heterocycles. The van der Waals surface area contributed by atoms with Crippen LogP contribution in [0.25, 0.3) is 0 Å². The third-order valence-electron chi connectivity index (χ3n) is 3.94. The lowest BCUT2D eigenvalue weighted by atomic mass is 9.93. The molecule has 0 aliphatic carbocycles. The van der Waals surface area contributed by atoms with E-state index in [0.29, 0.717) is 5.92 Å². The van der Waals surface area contributed by atoms with Crippen molar-refractivity contribution in [2.24, 2.45) is 5.92 Å². The summed E-state index contributed by atoms with van der Waals surface area (Å²) in [6, 6.07) is 10.7. The van der Waals surface area contributed by atoms with Crippen molar-refractivity contribution in [2.45, 2.75) is 52.3 Å². The molecule has 2 rings (SSSR count). The maximum atomic E-state index is 11.9. The molecule has 0 bridgehead atoms. The molecular weight excluding hydrogens is 276 g/mol. The Labute approximate surface area is 133 Å². The summed E-state index contributed by atoms with van der Waals surface area (Å²) in [4.78, 5) is 14.3. The molecule has 1 fully saturated rings. The van der Waals surface area contributed by atoms with Gasteiger partial charge in [0.25, 0.3) is 0 Å². The van der Waals surface area contributed by atoms with Crippen molar-refractivity contribution < 1.29 is 9.53 Å². The number of carbonyl (C=O) groups excluding carboxylic acids is 1. The Balaban J connectivity index is 1.81. The van der Waals surface area contributed by atoms with Gasteiger partial charge in [-0.15, -0.1) is 0 Å². The molecule has 1 amide bonds. The predicted molar refractivity (Wildman–Crippen MR) is 88.7 cm³/mol. The lowest BCUT2D eigenvalue weighted by molar-refractivity contribution is 0.0440. The molecule has 0 spiro atoms. The van der Waals surface area contributed by atoms with E-state index in [1.807, 2.05) is 26.8 Å². The largest absolute Gasteiger partial charge is 0.444 e. The van der Waals surface area contributed by atoms with E-state index in [9.17, 15) is 4.79 Å². The summed E-state index contributed by atoms with van der Waals surface area (Å²) in [6.45, 7) is 10.8. The lowest BCUT2D eigenvalue weighted by Gasteiger charge is -2.37. The maximum Gasteiger partial charge on any atom is 0.407 e. The standard InChI is InChI=1S/C18H28N2O2/c1-14-12-20(13-15-8-6-5-7-9-15)11-10-16(14)19-17(21)22-18(2,3)4/h5-9,14,16H,10-13H2,1-4H3,(H,19,21)/t14-,16+/m0/s1. The molecule has 0 radical (unpaired) electrons. The van der Waals surface area contributed by atoms with E-state index >= 15 is 0 Å². The maximum absolute atomic E-state index is 11.9. The van der Waals surface area contributed by atoms with Gasteiger partial charge in [0.05, 0.1) is 0 Å². The smallest absolute Gasteiger partial charge is 0.407 e. The van der Waals surface area contributed by atoms with Crippen LogP contribution in [0.15, 0.2) is 30.3 Å². The van der Waals surface area contributed by atoms with E-state index in [4.69, 9.17) is 4.74 Å². The van der Waals surface area contributed by atoms with Gasteiger partial charge in [-0.2, -0.15) is 0 Å². The first-order valence-electron chi connectivity index (χ1n) is 8.09. The molecule has 1 aromatic carbocycles. The highest BCUT2D eigenvalue weighted by molar-refractivity contribution is 5.68. The van der Waals surface area contributed by atoms with E-state index in [1.165, 1.54) is 5.56 Å². The van der Waals surface area contributed by atoms with E-state index in [0.717, 1.165) is 26.1 Å². The molecule has 4 nitrogen and oxygen atoms in total. The van der Waals surface area contributed by atoms with Crippen molar-refractivity contribution in [2.75, 3.05) is 13.1 Å². The third kappa shape index (κ3) is 5.34. The van der Waals surface area contributed by atoms with Gasteiger partial charge < -0.3 is 10.1 Å². The second-order valence-electron chi connectivity index (χ2n) is 7.24. The minimum Gasteiger partial charge on any atom is -0.444 e. The van der Waals surface area contributed by atoms with Crippen molar-refractivity contribution in [1.82, 2.24) is 10.2 Å². The van der Waals surface area contributed by atoms with E-state index in [2.05, 4.69) is 41.4 Å². The first kappa shape index (κ1) is 16.8. The molecule has 1 aliphatic heterocycles. The zero-order valence-corrected chi connectivity index (χ0v) is 14.1. The van der Waals surface area contributed by atoms with Gasteiger partial charge in [0, 0.05) is 25.7 Å². The van der Waals surface area contributed by atoms with Crippen LogP contribution < -0.4 is 5.32 Å². The summed E-state index contributed by atoms with van der Waals surface area (Å²) < 4.78 is 5.35. The fourth-order valence-corrected chi connectivity index (χ4v) is 2.89. The quantitative estimate of drug-likeness (QED) is 0.930. The van der Waals surface area contributed by atoms with Crippen LogP contribution in [0.5, 0.6) is 0 Å². The number of likely N-dealkylation sites (tertiary alicyclic amines) is 1. The topological polar surface area (TPSA) is 41.6 Å². The first-order chi connectivity index (χ1) is 10.3. The van der Waals surface area contributed by atoms with Gasteiger partial charge in [0.1, 0.15) is 5.60 Å². The number of hydrogen-bond acceptors (Lipinski definition) is 3. The SMILES string of the molecule is C[C@H]1CN(Cc2ccccc2)CC[C@H]1NC(=O)OC(C)(C)C. The number of piperidine rings is 1. The third-order valence-corrected chi connectivity index (χ3v) is 3.94. The number of ether oxygens (including phenoxy) is 1. The number of rotatable bonds is 3. The number of alkyl carbamates (subject to hydrolysis) is 1. The number of amides is 1. The van der Waals surface area contributed by atoms with Crippen LogP contribution >= 0.6 is 0 Å². The van der Waals surface area contributed by atoms with Crippen LogP contribution in [0, 0.1) is 5.92 Å². The summed E-state index contributed by atoms with van der Waals surface area (Å²) in [5.41, 5.74) is 0.898. The number of hydrogen-bond donors (Lipinski definition) is 1. The zero-order chi connectivity index (χ0) is 16.2. The number of nitrogens with zero attached hydrogens (tertiary/aromatic N) is 1. The lowest BCUT2D eigenvalue weighted by Crippen LogP contribution is -2.50. The Bertz CT molecular complexity index is 482. The molecule has 2 atom stereocenters. The second kappa shape index (κ2) is 7.14. The summed E-state index contributed by atoms with van der Waals surface area (Å²) in [7, 11) is 0. The Morgan fingerprint density at radius 1 is 1.32 bits per heavy atom. The van der Waals surface area contributed by atoms with Crippen LogP contribution in [0.4, 0.5) is 4.79 Å². The molecular formula is C18H28N2O2. The fourth-order valence-electron chi connectivity index (χ4n) is 2.89. The summed E-state index contributed by atoms with van der Waals surface area (Å²) in [5, 5.41) is 3.02. The Morgan fingerprint density at radius 2 is 2.00 bits per heavy atom. The minimum absolute atomic E-state index is 0.196. The monoisotopic (exact) mass is 304 g/mol. The summed E-state index contributed by atoms with van der Waals surface area (Å²) in [5.74, 6) is 0.421. The van der Waals surface area contributed by atoms with Gasteiger partial charge >= 0.3 is 6.09 Å². The second-order valence-corrected chi connectivity index (χ2v) is 7.24. The average Bonchev–Trinajstić information content (AvgIpc) is 2.41. The number of carbonyl (C=O) groups is 1. The zero-order valence-electron chi connectivity index (χ0n) is 14.1. The highest BCUT2D eigenvalue weighted by Crippen LogP contribution is 2.19. The average molecular weight is 304 g/mol. The molecule has 1 heterocycles. The molecule has 0 saturated carbocycles. The summed E-state index contributed by atoms with van der Waals surface area (Å²) in [6.07, 6.45) is 0.661. The number of nitrogens with one attached hydrogen (secondary N) is 1. The van der Waals surface area contributed by atoms with E-state index in [-0.39, 0.29) is 12.1 Å². The Morgan fingerprint density at radius 3 is 2.59 bits per heavy atom. The van der Waals surface area contributed by atoms with Crippen molar-refractivity contribution >= 4 is 6.09 Å². The Hall–Kier alpha value is -1.55. The van der Waals surface area contributed by atoms with Crippen molar-refractivity contribution in [3.8, 4) is 0 Å². The van der Waals surface area contributed by atoms with Crippen LogP contribution in [0.3, 0.4) is 0 Å². The summed E-state index contributed by atoms with van der Waals surface area (Å²) >= 11 is 0. The van der Waals surface area contributed by atoms with Crippen molar-refractivity contribution in [1.29, 1.82) is 0 Å². The van der Waals surface area contributed by atoms with Crippen molar-refractivity contribution in [3.05, 3.63) is 35.9 Å². The van der Waals surface area contributed by atoms with Gasteiger partial charge in [-0.05, 0) is 38.7 Å². The highest BCUT2D eigenvalue weighted by Gasteiger charge is 2.28. The highest BCUT2D eigenvalue weighted by atomic mass is 16.6. The molecule has 1 aromatic rings. The van der Waals surface area contributed by atoms with Gasteiger partial charge in [-0.1, -0.05) is 37.3 Å². The van der Waals surface area contributed by atoms with Crippen LogP contribution in [0.1, 0.15) is 39.7 Å². The first-order valence-corrected chi connectivity index (χ1v) is 8.09. The van der Waals surface area contributed by atoms with Crippen LogP contribution in [-0.2, 0) is 11.3 Å². The molecule has 1 aliphatic rings. The van der Waals surface area contributed by atoms with Gasteiger partial charge in [0.2, 0.25) is 0 Å². The molecule has 122 valence electrons. The van der Waals surface area contributed by atoms with Gasteiger partial charge in [-0.25, -0.2) is 4.79 Å². The fraction of sp³-hybridized carbons (Fsp3) is 0.611. The minimum atomic E-state index is -0.443.